The average Bonchev–Trinajstić information content (AvgIpc) is 2.31. The highest BCUT2D eigenvalue weighted by Gasteiger charge is 2.05. The number of hydrogen-bond acceptors (Lipinski definition) is 3. The van der Waals surface area contributed by atoms with Gasteiger partial charge in [0.1, 0.15) is 12.4 Å². The summed E-state index contributed by atoms with van der Waals surface area (Å²) in [7, 11) is 0. The van der Waals surface area contributed by atoms with Crippen LogP contribution in [0.1, 0.15) is 42.0 Å². The van der Waals surface area contributed by atoms with E-state index in [1.807, 2.05) is 6.92 Å². The Balaban J connectivity index is 2.75. The molecule has 1 unspecified atom stereocenters. The Bertz CT molecular complexity index is 415. The summed E-state index contributed by atoms with van der Waals surface area (Å²) in [5.74, 6) is 0. The second kappa shape index (κ2) is 6.94. The fourth-order valence-electron chi connectivity index (χ4n) is 1.96. The predicted octanol–water partition coefficient (Wildman–Crippen LogP) is 3.33. The van der Waals surface area contributed by atoms with Crippen molar-refractivity contribution in [3.05, 3.63) is 34.4 Å². The van der Waals surface area contributed by atoms with Crippen LogP contribution in [0.15, 0.2) is 17.3 Å². The normalized spacial score (nSPS) is 12.7. The molecule has 1 aromatic rings. The molecule has 0 aliphatic rings. The van der Waals surface area contributed by atoms with Gasteiger partial charge in [-0.3, -0.25) is 0 Å². The van der Waals surface area contributed by atoms with Crippen LogP contribution in [0.25, 0.3) is 0 Å². The summed E-state index contributed by atoms with van der Waals surface area (Å²) in [6, 6.07) is 4.24. The van der Waals surface area contributed by atoms with Gasteiger partial charge in [-0.05, 0) is 38.3 Å². The van der Waals surface area contributed by atoms with Gasteiger partial charge in [0.2, 0.25) is 0 Å². The minimum atomic E-state index is -0.121. The maximum absolute atomic E-state index is 10.4. The van der Waals surface area contributed by atoms with E-state index in [-0.39, 0.29) is 6.10 Å². The van der Waals surface area contributed by atoms with Crippen LogP contribution in [0, 0.1) is 20.8 Å². The molecule has 3 heteroatoms. The molecular weight excluding hydrogens is 226 g/mol. The zero-order valence-electron chi connectivity index (χ0n) is 11.6. The first-order valence-corrected chi connectivity index (χ1v) is 6.29. The lowest BCUT2D eigenvalue weighted by Crippen LogP contribution is -2.09. The summed E-state index contributed by atoms with van der Waals surface area (Å²) >= 11 is 0. The fourth-order valence-corrected chi connectivity index (χ4v) is 1.96. The smallest absolute Gasteiger partial charge is 0.133 e. The standard InChI is InChI=1S/C15H21NO2/c1-5-14(6-7-17)18-16-10-15-12(3)8-11(2)9-13(15)4/h7-10,14H,5-6H2,1-4H3/b16-10+. The Morgan fingerprint density at radius 3 is 2.39 bits per heavy atom. The molecule has 0 saturated heterocycles. The molecule has 0 aromatic heterocycles. The lowest BCUT2D eigenvalue weighted by atomic mass is 10.0. The van der Waals surface area contributed by atoms with E-state index in [4.69, 9.17) is 4.84 Å². The zero-order chi connectivity index (χ0) is 13.5. The van der Waals surface area contributed by atoms with Crippen LogP contribution >= 0.6 is 0 Å². The molecule has 1 atom stereocenters. The molecule has 18 heavy (non-hydrogen) atoms. The lowest BCUT2D eigenvalue weighted by molar-refractivity contribution is -0.110. The molecule has 0 aliphatic carbocycles. The number of oxime groups is 1. The summed E-state index contributed by atoms with van der Waals surface area (Å²) in [4.78, 5) is 15.7. The molecule has 0 bridgehead atoms. The maximum Gasteiger partial charge on any atom is 0.133 e. The van der Waals surface area contributed by atoms with Crippen molar-refractivity contribution in [2.75, 3.05) is 0 Å². The summed E-state index contributed by atoms with van der Waals surface area (Å²) in [5.41, 5.74) is 4.70. The number of rotatable bonds is 6. The highest BCUT2D eigenvalue weighted by molar-refractivity contribution is 5.83. The highest BCUT2D eigenvalue weighted by Crippen LogP contribution is 2.14. The Kier molecular flexibility index (Phi) is 5.56. The molecule has 0 N–H and O–H groups in total. The van der Waals surface area contributed by atoms with Gasteiger partial charge < -0.3 is 9.63 Å². The monoisotopic (exact) mass is 247 g/mol. The van der Waals surface area contributed by atoms with Crippen molar-refractivity contribution in [2.24, 2.45) is 5.16 Å². The van der Waals surface area contributed by atoms with Crippen molar-refractivity contribution in [3.63, 3.8) is 0 Å². The van der Waals surface area contributed by atoms with Gasteiger partial charge in [0.15, 0.2) is 0 Å². The minimum absolute atomic E-state index is 0.121. The Morgan fingerprint density at radius 2 is 1.89 bits per heavy atom. The molecule has 0 fully saturated rings. The van der Waals surface area contributed by atoms with Gasteiger partial charge in [0.25, 0.3) is 0 Å². The number of benzene rings is 1. The van der Waals surface area contributed by atoms with Gasteiger partial charge in [-0.2, -0.15) is 0 Å². The largest absolute Gasteiger partial charge is 0.392 e. The molecule has 0 heterocycles. The van der Waals surface area contributed by atoms with Crippen LogP contribution in [-0.2, 0) is 9.63 Å². The molecule has 0 amide bonds. The van der Waals surface area contributed by atoms with Gasteiger partial charge in [0.05, 0.1) is 6.21 Å². The summed E-state index contributed by atoms with van der Waals surface area (Å²) in [6.45, 7) is 8.18. The highest BCUT2D eigenvalue weighted by atomic mass is 16.6. The van der Waals surface area contributed by atoms with Crippen LogP contribution in [0.5, 0.6) is 0 Å². The molecule has 98 valence electrons. The average molecular weight is 247 g/mol. The van der Waals surface area contributed by atoms with Gasteiger partial charge in [-0.15, -0.1) is 0 Å². The quantitative estimate of drug-likeness (QED) is 0.439. The minimum Gasteiger partial charge on any atom is -0.392 e. The number of aryl methyl sites for hydroxylation is 3. The van der Waals surface area contributed by atoms with Crippen molar-refractivity contribution in [3.8, 4) is 0 Å². The third-order valence-corrected chi connectivity index (χ3v) is 2.94. The molecule has 3 nitrogen and oxygen atoms in total. The van der Waals surface area contributed by atoms with E-state index in [0.717, 1.165) is 18.3 Å². The summed E-state index contributed by atoms with van der Waals surface area (Å²) in [6.07, 6.45) is 3.65. The van der Waals surface area contributed by atoms with E-state index in [9.17, 15) is 4.79 Å². The van der Waals surface area contributed by atoms with Crippen LogP contribution < -0.4 is 0 Å². The Hall–Kier alpha value is -1.64. The third-order valence-electron chi connectivity index (χ3n) is 2.94. The molecule has 0 saturated carbocycles. The molecule has 0 spiro atoms. The second-order valence-electron chi connectivity index (χ2n) is 4.58. The van der Waals surface area contributed by atoms with Gasteiger partial charge in [0, 0.05) is 12.0 Å². The Morgan fingerprint density at radius 1 is 1.28 bits per heavy atom. The lowest BCUT2D eigenvalue weighted by Gasteiger charge is -2.10. The Labute approximate surface area is 109 Å². The van der Waals surface area contributed by atoms with E-state index in [1.54, 1.807) is 6.21 Å². The number of aldehydes is 1. The molecule has 0 radical (unpaired) electrons. The van der Waals surface area contributed by atoms with Crippen molar-refractivity contribution >= 4 is 12.5 Å². The first kappa shape index (κ1) is 14.4. The summed E-state index contributed by atoms with van der Waals surface area (Å²) in [5, 5.41) is 4.00. The van der Waals surface area contributed by atoms with Crippen LogP contribution in [0.2, 0.25) is 0 Å². The van der Waals surface area contributed by atoms with Crippen LogP contribution in [0.3, 0.4) is 0 Å². The summed E-state index contributed by atoms with van der Waals surface area (Å²) < 4.78 is 0. The molecule has 1 rings (SSSR count). The second-order valence-corrected chi connectivity index (χ2v) is 4.58. The van der Waals surface area contributed by atoms with E-state index < -0.39 is 0 Å². The van der Waals surface area contributed by atoms with Crippen molar-refractivity contribution in [1.29, 1.82) is 0 Å². The predicted molar refractivity (Wildman–Crippen MR) is 74.1 cm³/mol. The van der Waals surface area contributed by atoms with Crippen LogP contribution in [-0.4, -0.2) is 18.6 Å². The number of carbonyl (C=O) groups excluding carboxylic acids is 1. The van der Waals surface area contributed by atoms with Crippen molar-refractivity contribution in [2.45, 2.75) is 46.6 Å². The number of carbonyl (C=O) groups is 1. The van der Waals surface area contributed by atoms with E-state index in [2.05, 4.69) is 38.1 Å². The third kappa shape index (κ3) is 3.99. The van der Waals surface area contributed by atoms with E-state index in [1.165, 1.54) is 16.7 Å². The first-order valence-electron chi connectivity index (χ1n) is 6.29. The van der Waals surface area contributed by atoms with Gasteiger partial charge in [-0.1, -0.05) is 29.8 Å². The number of nitrogens with zero attached hydrogens (tertiary/aromatic N) is 1. The van der Waals surface area contributed by atoms with Crippen LogP contribution in [0.4, 0.5) is 0 Å². The fraction of sp³-hybridized carbons (Fsp3) is 0.467. The molecular formula is C15H21NO2. The number of hydrogen-bond donors (Lipinski definition) is 0. The SMILES string of the molecule is CCC(CC=O)O/N=C/c1c(C)cc(C)cc1C. The van der Waals surface area contributed by atoms with Crippen molar-refractivity contribution < 1.29 is 9.63 Å². The maximum atomic E-state index is 10.4. The first-order chi connectivity index (χ1) is 8.58. The molecule has 1 aromatic carbocycles. The van der Waals surface area contributed by atoms with Gasteiger partial charge >= 0.3 is 0 Å². The van der Waals surface area contributed by atoms with Crippen molar-refractivity contribution in [1.82, 2.24) is 0 Å². The molecule has 0 aliphatic heterocycles. The topological polar surface area (TPSA) is 38.7 Å². The van der Waals surface area contributed by atoms with E-state index in [0.29, 0.717) is 6.42 Å². The van der Waals surface area contributed by atoms with Gasteiger partial charge in [-0.25, -0.2) is 0 Å². The van der Waals surface area contributed by atoms with E-state index >= 15 is 0 Å². The zero-order valence-corrected chi connectivity index (χ0v) is 11.6.